The maximum absolute atomic E-state index is 13.8. The van der Waals surface area contributed by atoms with Crippen molar-refractivity contribution in [2.75, 3.05) is 13.6 Å². The second kappa shape index (κ2) is 5.49. The minimum atomic E-state index is -3.92. The van der Waals surface area contributed by atoms with Gasteiger partial charge in [0.2, 0.25) is 10.0 Å². The summed E-state index contributed by atoms with van der Waals surface area (Å²) < 4.78 is 39.5. The number of carboxylic acids is 1. The van der Waals surface area contributed by atoms with Crippen LogP contribution in [0.2, 0.25) is 0 Å². The van der Waals surface area contributed by atoms with Gasteiger partial charge in [-0.25, -0.2) is 21.9 Å². The highest BCUT2D eigenvalue weighted by Crippen LogP contribution is 2.29. The zero-order chi connectivity index (χ0) is 14.9. The SMILES string of the molecule is CN(CC1CCC1)S(=O)(=O)c1ccc(C(=O)O)cc1F. The first kappa shape index (κ1) is 14.9. The van der Waals surface area contributed by atoms with Crippen molar-refractivity contribution < 1.29 is 22.7 Å². The molecule has 0 radical (unpaired) electrons. The van der Waals surface area contributed by atoms with Crippen LogP contribution in [0.1, 0.15) is 29.6 Å². The largest absolute Gasteiger partial charge is 0.478 e. The molecule has 0 spiro atoms. The molecule has 1 aliphatic carbocycles. The molecule has 110 valence electrons. The molecule has 0 amide bonds. The summed E-state index contributed by atoms with van der Waals surface area (Å²) in [5, 5.41) is 8.74. The maximum Gasteiger partial charge on any atom is 0.335 e. The summed E-state index contributed by atoms with van der Waals surface area (Å²) in [6, 6.07) is 2.83. The van der Waals surface area contributed by atoms with Gasteiger partial charge in [-0.15, -0.1) is 0 Å². The van der Waals surface area contributed by atoms with E-state index in [1.807, 2.05) is 0 Å². The normalized spacial score (nSPS) is 16.1. The van der Waals surface area contributed by atoms with Gasteiger partial charge < -0.3 is 5.11 Å². The van der Waals surface area contributed by atoms with Gasteiger partial charge >= 0.3 is 5.97 Å². The van der Waals surface area contributed by atoms with E-state index in [1.165, 1.54) is 7.05 Å². The van der Waals surface area contributed by atoms with Crippen LogP contribution in [0.5, 0.6) is 0 Å². The minimum absolute atomic E-state index is 0.275. The Bertz CT molecular complexity index is 625. The number of hydrogen-bond acceptors (Lipinski definition) is 3. The van der Waals surface area contributed by atoms with Crippen molar-refractivity contribution in [1.82, 2.24) is 4.31 Å². The fourth-order valence-electron chi connectivity index (χ4n) is 2.15. The van der Waals surface area contributed by atoms with Crippen LogP contribution in [-0.4, -0.2) is 37.4 Å². The van der Waals surface area contributed by atoms with Crippen LogP contribution in [0.15, 0.2) is 23.1 Å². The highest BCUT2D eigenvalue weighted by molar-refractivity contribution is 7.89. The molecular weight excluding hydrogens is 285 g/mol. The van der Waals surface area contributed by atoms with Gasteiger partial charge in [0, 0.05) is 13.6 Å². The first-order valence-electron chi connectivity index (χ1n) is 6.31. The van der Waals surface area contributed by atoms with E-state index in [0.717, 1.165) is 41.8 Å². The van der Waals surface area contributed by atoms with Gasteiger partial charge in [-0.2, -0.15) is 0 Å². The lowest BCUT2D eigenvalue weighted by atomic mass is 9.86. The summed E-state index contributed by atoms with van der Waals surface area (Å²) in [4.78, 5) is 10.2. The molecule has 0 bridgehead atoms. The molecule has 1 fully saturated rings. The summed E-state index contributed by atoms with van der Waals surface area (Å²) in [5.74, 6) is -2.00. The van der Waals surface area contributed by atoms with Crippen molar-refractivity contribution >= 4 is 16.0 Å². The monoisotopic (exact) mass is 301 g/mol. The Morgan fingerprint density at radius 3 is 2.55 bits per heavy atom. The summed E-state index contributed by atoms with van der Waals surface area (Å²) >= 11 is 0. The molecule has 7 heteroatoms. The molecule has 0 saturated heterocycles. The third kappa shape index (κ3) is 2.83. The number of hydrogen-bond donors (Lipinski definition) is 1. The minimum Gasteiger partial charge on any atom is -0.478 e. The van der Waals surface area contributed by atoms with Gasteiger partial charge in [-0.3, -0.25) is 0 Å². The second-order valence-electron chi connectivity index (χ2n) is 5.03. The summed E-state index contributed by atoms with van der Waals surface area (Å²) in [5.41, 5.74) is -0.275. The van der Waals surface area contributed by atoms with E-state index >= 15 is 0 Å². The maximum atomic E-state index is 13.8. The van der Waals surface area contributed by atoms with Crippen LogP contribution in [0.3, 0.4) is 0 Å². The highest BCUT2D eigenvalue weighted by Gasteiger charge is 2.29. The number of halogens is 1. The Balaban J connectivity index is 2.26. The van der Waals surface area contributed by atoms with Crippen molar-refractivity contribution in [1.29, 1.82) is 0 Å². The van der Waals surface area contributed by atoms with Crippen molar-refractivity contribution in [3.8, 4) is 0 Å². The smallest absolute Gasteiger partial charge is 0.335 e. The number of carboxylic acid groups (broad SMARTS) is 1. The van der Waals surface area contributed by atoms with E-state index in [-0.39, 0.29) is 5.56 Å². The zero-order valence-corrected chi connectivity index (χ0v) is 11.9. The summed E-state index contributed by atoms with van der Waals surface area (Å²) in [6.07, 6.45) is 3.07. The van der Waals surface area contributed by atoms with Crippen LogP contribution in [0.25, 0.3) is 0 Å². The summed E-state index contributed by atoms with van der Waals surface area (Å²) in [7, 11) is -2.50. The number of rotatable bonds is 5. The molecule has 1 saturated carbocycles. The van der Waals surface area contributed by atoms with Crippen LogP contribution < -0.4 is 0 Å². The quantitative estimate of drug-likeness (QED) is 0.902. The molecule has 0 aromatic heterocycles. The van der Waals surface area contributed by atoms with E-state index in [2.05, 4.69) is 0 Å². The average Bonchev–Trinajstić information content (AvgIpc) is 2.32. The first-order valence-corrected chi connectivity index (χ1v) is 7.75. The number of nitrogens with zero attached hydrogens (tertiary/aromatic N) is 1. The molecule has 0 heterocycles. The molecule has 0 aliphatic heterocycles. The topological polar surface area (TPSA) is 74.7 Å². The first-order chi connectivity index (χ1) is 9.32. The molecule has 1 aromatic rings. The van der Waals surface area contributed by atoms with Gasteiger partial charge in [0.05, 0.1) is 5.56 Å². The average molecular weight is 301 g/mol. The van der Waals surface area contributed by atoms with E-state index < -0.39 is 26.7 Å². The molecule has 0 unspecified atom stereocenters. The van der Waals surface area contributed by atoms with Crippen molar-refractivity contribution in [2.24, 2.45) is 5.92 Å². The fraction of sp³-hybridized carbons (Fsp3) is 0.462. The Morgan fingerprint density at radius 2 is 2.10 bits per heavy atom. The van der Waals surface area contributed by atoms with Gasteiger partial charge in [0.25, 0.3) is 0 Å². The van der Waals surface area contributed by atoms with Crippen molar-refractivity contribution in [3.63, 3.8) is 0 Å². The number of sulfonamides is 1. The van der Waals surface area contributed by atoms with Gasteiger partial charge in [0.1, 0.15) is 10.7 Å². The Hall–Kier alpha value is -1.47. The lowest BCUT2D eigenvalue weighted by Crippen LogP contribution is -2.34. The molecule has 20 heavy (non-hydrogen) atoms. The van der Waals surface area contributed by atoms with Crippen LogP contribution in [0, 0.1) is 11.7 Å². The number of aromatic carboxylic acids is 1. The van der Waals surface area contributed by atoms with Gasteiger partial charge in [-0.1, -0.05) is 6.42 Å². The lowest BCUT2D eigenvalue weighted by Gasteiger charge is -2.29. The fourth-order valence-corrected chi connectivity index (χ4v) is 3.44. The number of benzene rings is 1. The molecular formula is C13H16FNO4S. The van der Waals surface area contributed by atoms with E-state index in [1.54, 1.807) is 0 Å². The Labute approximate surface area is 117 Å². The van der Waals surface area contributed by atoms with Crippen LogP contribution in [0.4, 0.5) is 4.39 Å². The predicted octanol–water partition coefficient (Wildman–Crippen LogP) is 1.94. The molecule has 0 atom stereocenters. The number of carbonyl (C=O) groups is 1. The molecule has 5 nitrogen and oxygen atoms in total. The van der Waals surface area contributed by atoms with E-state index in [9.17, 15) is 17.6 Å². The van der Waals surface area contributed by atoms with Crippen LogP contribution in [-0.2, 0) is 10.0 Å². The van der Waals surface area contributed by atoms with Gasteiger partial charge in [0.15, 0.2) is 0 Å². The molecule has 1 N–H and O–H groups in total. The second-order valence-corrected chi connectivity index (χ2v) is 7.05. The standard InChI is InChI=1S/C13H16FNO4S/c1-15(8-9-3-2-4-9)20(18,19)12-6-5-10(13(16)17)7-11(12)14/h5-7,9H,2-4,8H2,1H3,(H,16,17). The predicted molar refractivity (Wildman–Crippen MR) is 70.5 cm³/mol. The van der Waals surface area contributed by atoms with Crippen LogP contribution >= 0.6 is 0 Å². The molecule has 1 aromatic carbocycles. The third-order valence-electron chi connectivity index (χ3n) is 3.61. The van der Waals surface area contributed by atoms with E-state index in [4.69, 9.17) is 5.11 Å². The molecule has 2 rings (SSSR count). The Kier molecular flexibility index (Phi) is 4.10. The van der Waals surface area contributed by atoms with Crippen molar-refractivity contribution in [2.45, 2.75) is 24.2 Å². The summed E-state index contributed by atoms with van der Waals surface area (Å²) in [6.45, 7) is 0.364. The van der Waals surface area contributed by atoms with Gasteiger partial charge in [-0.05, 0) is 37.0 Å². The highest BCUT2D eigenvalue weighted by atomic mass is 32.2. The third-order valence-corrected chi connectivity index (χ3v) is 5.46. The Morgan fingerprint density at radius 1 is 1.45 bits per heavy atom. The molecule has 1 aliphatic rings. The lowest BCUT2D eigenvalue weighted by molar-refractivity contribution is 0.0696. The van der Waals surface area contributed by atoms with E-state index in [0.29, 0.717) is 12.5 Å². The zero-order valence-electron chi connectivity index (χ0n) is 11.0. The van der Waals surface area contributed by atoms with Crippen molar-refractivity contribution in [3.05, 3.63) is 29.6 Å².